The van der Waals surface area contributed by atoms with Gasteiger partial charge in [-0.3, -0.25) is 0 Å². The van der Waals surface area contributed by atoms with Crippen molar-refractivity contribution in [2.45, 2.75) is 41.0 Å². The molecule has 2 aromatic carbocycles. The van der Waals surface area contributed by atoms with Crippen molar-refractivity contribution < 1.29 is 36.0 Å². The monoisotopic (exact) mass is 632 g/mol. The number of aryl methyl sites for hydroxylation is 2. The van der Waals surface area contributed by atoms with Gasteiger partial charge in [0.2, 0.25) is 0 Å². The van der Waals surface area contributed by atoms with Crippen LogP contribution in [-0.2, 0) is 22.3 Å². The molecule has 0 N–H and O–H groups in total. The van der Waals surface area contributed by atoms with Crippen LogP contribution in [0.25, 0.3) is 0 Å². The molecule has 8 heteroatoms. The average Bonchev–Trinajstić information content (AvgIpc) is 2.74. The fourth-order valence-corrected chi connectivity index (χ4v) is 3.44. The van der Waals surface area contributed by atoms with Gasteiger partial charge in [-0.05, 0) is 64.2 Å². The van der Waals surface area contributed by atoms with Crippen molar-refractivity contribution in [1.82, 2.24) is 0 Å². The van der Waals surface area contributed by atoms with Crippen molar-refractivity contribution in [2.75, 3.05) is 14.2 Å². The van der Waals surface area contributed by atoms with Crippen molar-refractivity contribution in [1.29, 1.82) is 0 Å². The normalized spacial score (nSPS) is 8.39. The van der Waals surface area contributed by atoms with E-state index in [9.17, 15) is 9.59 Å². The topological polar surface area (TPSA) is 52.6 Å². The van der Waals surface area contributed by atoms with E-state index in [0.29, 0.717) is 11.1 Å². The summed E-state index contributed by atoms with van der Waals surface area (Å²) in [5, 5.41) is 0. The largest absolute Gasteiger partial charge is 2.00 e. The van der Waals surface area contributed by atoms with Gasteiger partial charge in [0.25, 0.3) is 0 Å². The Morgan fingerprint density at radius 2 is 1.35 bits per heavy atom. The summed E-state index contributed by atoms with van der Waals surface area (Å²) in [6.45, 7) is 9.15. The van der Waals surface area contributed by atoms with Gasteiger partial charge in [-0.15, -0.1) is 0 Å². The minimum absolute atomic E-state index is 0. The summed E-state index contributed by atoms with van der Waals surface area (Å²) >= 11 is 6.54. The number of methoxy groups -OCH3 is 2. The molecule has 0 heterocycles. The van der Waals surface area contributed by atoms with Gasteiger partial charge in [-0.1, -0.05) is 49.3 Å². The molecule has 0 aliphatic carbocycles. The molecule has 170 valence electrons. The quantitative estimate of drug-likeness (QED) is 0.293. The number of ether oxygens (including phenoxy) is 2. The van der Waals surface area contributed by atoms with Crippen LogP contribution in [0.3, 0.4) is 0 Å². The maximum Gasteiger partial charge on any atom is 2.00 e. The number of benzene rings is 2. The summed E-state index contributed by atoms with van der Waals surface area (Å²) in [7, 11) is 2.77. The zero-order valence-corrected chi connectivity index (χ0v) is 24.2. The molecule has 2 aromatic rings. The van der Waals surface area contributed by atoms with Crippen LogP contribution in [0.2, 0.25) is 0 Å². The van der Waals surface area contributed by atoms with Gasteiger partial charge in [0.1, 0.15) is 0 Å². The van der Waals surface area contributed by atoms with Crippen LogP contribution in [0.4, 0.5) is 0 Å². The van der Waals surface area contributed by atoms with E-state index in [1.165, 1.54) is 19.8 Å². The first kappa shape index (κ1) is 37.9. The van der Waals surface area contributed by atoms with Gasteiger partial charge < -0.3 is 33.4 Å². The smallest absolute Gasteiger partial charge is 1.00 e. The molecular formula is C23H31Br3MgO4. The third-order valence-corrected chi connectivity index (χ3v) is 4.85. The predicted molar refractivity (Wildman–Crippen MR) is 133 cm³/mol. The van der Waals surface area contributed by atoms with Crippen molar-refractivity contribution >= 4 is 66.9 Å². The molecule has 0 aliphatic rings. The second kappa shape index (κ2) is 21.4. The van der Waals surface area contributed by atoms with Crippen molar-refractivity contribution in [3.05, 3.63) is 74.5 Å². The van der Waals surface area contributed by atoms with Crippen LogP contribution >= 0.6 is 31.9 Å². The second-order valence-corrected chi connectivity index (χ2v) is 7.08. The third-order valence-electron chi connectivity index (χ3n) is 3.70. The standard InChI is InChI=1S/C12H16O2.C8H6Br2O2.C2H5.CH4.BrH.Mg/c1-4-9-6-7-11(12(13)14-3)10(5-2)8-9;1-12-8(11)6-3-2-5(9)4-7(6)10;1-2;;;/h6-8H,4-5H2,1-3H3;2-4H,1H3;1H2,2H3;1H4;1H;/q;;-1;;;+2/p-1. The molecule has 31 heavy (non-hydrogen) atoms. The number of halogens is 3. The van der Waals surface area contributed by atoms with Crippen LogP contribution < -0.4 is 17.0 Å². The van der Waals surface area contributed by atoms with E-state index >= 15 is 0 Å². The summed E-state index contributed by atoms with van der Waals surface area (Å²) in [5.41, 5.74) is 3.54. The molecule has 0 aliphatic heterocycles. The molecule has 0 radical (unpaired) electrons. The van der Waals surface area contributed by atoms with Gasteiger partial charge in [0.15, 0.2) is 0 Å². The van der Waals surface area contributed by atoms with E-state index in [2.05, 4.69) is 56.5 Å². The Morgan fingerprint density at radius 1 is 0.871 bits per heavy atom. The van der Waals surface area contributed by atoms with E-state index in [1.807, 2.05) is 19.1 Å². The molecule has 0 saturated heterocycles. The van der Waals surface area contributed by atoms with Gasteiger partial charge in [0.05, 0.1) is 25.3 Å². The number of carbonyl (C=O) groups excluding carboxylic acids is 2. The fourth-order valence-electron chi connectivity index (χ4n) is 2.23. The Balaban J connectivity index is -0.000000201. The van der Waals surface area contributed by atoms with Gasteiger partial charge in [-0.25, -0.2) is 9.59 Å². The molecule has 0 aromatic heterocycles. The van der Waals surface area contributed by atoms with E-state index < -0.39 is 0 Å². The maximum absolute atomic E-state index is 11.4. The molecule has 0 amide bonds. The zero-order valence-electron chi connectivity index (χ0n) is 18.1. The Labute approximate surface area is 231 Å². The van der Waals surface area contributed by atoms with Crippen LogP contribution in [0.1, 0.15) is 60.0 Å². The van der Waals surface area contributed by atoms with Crippen LogP contribution in [0.5, 0.6) is 0 Å². The summed E-state index contributed by atoms with van der Waals surface area (Å²) in [6.07, 6.45) is 1.85. The summed E-state index contributed by atoms with van der Waals surface area (Å²) < 4.78 is 10.9. The molecule has 0 unspecified atom stereocenters. The van der Waals surface area contributed by atoms with Gasteiger partial charge >= 0.3 is 35.0 Å². The van der Waals surface area contributed by atoms with E-state index in [0.717, 1.165) is 27.4 Å². The molecule has 0 bridgehead atoms. The number of esters is 2. The van der Waals surface area contributed by atoms with Crippen LogP contribution in [0.15, 0.2) is 45.3 Å². The molecule has 0 spiro atoms. The second-order valence-electron chi connectivity index (χ2n) is 5.31. The molecule has 2 rings (SSSR count). The molecular weight excluding hydrogens is 604 g/mol. The molecule has 4 nitrogen and oxygen atoms in total. The zero-order chi connectivity index (χ0) is 21.7. The minimum atomic E-state index is -0.339. The van der Waals surface area contributed by atoms with Gasteiger partial charge in [0, 0.05) is 8.95 Å². The fraction of sp³-hybridized carbons (Fsp3) is 0.348. The number of hydrogen-bond acceptors (Lipinski definition) is 4. The Morgan fingerprint density at radius 3 is 1.77 bits per heavy atom. The number of rotatable bonds is 4. The number of carbonyl (C=O) groups is 2. The van der Waals surface area contributed by atoms with Crippen LogP contribution in [0, 0.1) is 6.92 Å². The third kappa shape index (κ3) is 13.0. The van der Waals surface area contributed by atoms with E-state index in [4.69, 9.17) is 4.74 Å². The molecule has 0 atom stereocenters. The molecule has 0 fully saturated rings. The molecule has 0 saturated carbocycles. The number of hydrogen-bond donors (Lipinski definition) is 0. The minimum Gasteiger partial charge on any atom is -1.00 e. The van der Waals surface area contributed by atoms with Gasteiger partial charge in [-0.2, -0.15) is 6.92 Å². The van der Waals surface area contributed by atoms with E-state index in [-0.39, 0.29) is 59.4 Å². The van der Waals surface area contributed by atoms with Crippen molar-refractivity contribution in [3.63, 3.8) is 0 Å². The summed E-state index contributed by atoms with van der Waals surface area (Å²) in [4.78, 5) is 22.4. The Kier molecular flexibility index (Phi) is 26.2. The van der Waals surface area contributed by atoms with Crippen molar-refractivity contribution in [2.24, 2.45) is 0 Å². The average molecular weight is 636 g/mol. The first-order chi connectivity index (χ1) is 13.4. The SMILES string of the molecule is C.CCc1ccc(C(=O)OC)c(CC)c1.COC(=O)c1ccc(Br)cc1Br.[Br-].[CH2-]C.[Mg+2]. The van der Waals surface area contributed by atoms with Crippen LogP contribution in [-0.4, -0.2) is 49.2 Å². The summed E-state index contributed by atoms with van der Waals surface area (Å²) in [6, 6.07) is 11.2. The summed E-state index contributed by atoms with van der Waals surface area (Å²) in [5.74, 6) is -0.584. The Hall–Kier alpha value is -0.414. The first-order valence-corrected chi connectivity index (χ1v) is 10.4. The Bertz CT molecular complexity index is 783. The predicted octanol–water partition coefficient (Wildman–Crippen LogP) is 3.70. The first-order valence-electron chi connectivity index (χ1n) is 8.82. The van der Waals surface area contributed by atoms with Crippen molar-refractivity contribution in [3.8, 4) is 0 Å². The maximum atomic E-state index is 11.4. The van der Waals surface area contributed by atoms with E-state index in [1.54, 1.807) is 25.1 Å².